The van der Waals surface area contributed by atoms with Crippen LogP contribution in [0.15, 0.2) is 112 Å². The second kappa shape index (κ2) is 12.1. The van der Waals surface area contributed by atoms with E-state index in [1.165, 1.54) is 12.1 Å². The van der Waals surface area contributed by atoms with Crippen LogP contribution in [0.5, 0.6) is 0 Å². The summed E-state index contributed by atoms with van der Waals surface area (Å²) in [6.07, 6.45) is -1.21. The van der Waals surface area contributed by atoms with Crippen LogP contribution in [-0.2, 0) is 29.1 Å². The molecule has 0 N–H and O–H groups in total. The number of methoxy groups -OCH3 is 2. The van der Waals surface area contributed by atoms with E-state index < -0.39 is 39.7 Å². The fourth-order valence-electron chi connectivity index (χ4n) is 5.58. The van der Waals surface area contributed by atoms with E-state index >= 15 is 0 Å². The lowest BCUT2D eigenvalue weighted by atomic mass is 9.85. The maximum atomic E-state index is 14.9. The molecule has 2 atom stereocenters. The van der Waals surface area contributed by atoms with Gasteiger partial charge in [-0.15, -0.1) is 4.31 Å². The molecule has 222 valence electrons. The fraction of sp³-hybridized carbons (Fsp3) is 0.188. The van der Waals surface area contributed by atoms with Crippen LogP contribution in [0.25, 0.3) is 0 Å². The normalized spacial score (nSPS) is 18.3. The highest BCUT2D eigenvalue weighted by Gasteiger charge is 2.73. The number of carbonyl (C=O) groups excluding carboxylic acids is 2. The molecule has 1 fully saturated rings. The minimum Gasteiger partial charge on any atom is -0.467 e. The van der Waals surface area contributed by atoms with Gasteiger partial charge < -0.3 is 14.4 Å². The summed E-state index contributed by atoms with van der Waals surface area (Å²) in [7, 11) is -2.39. The van der Waals surface area contributed by atoms with Crippen molar-refractivity contribution in [3.63, 3.8) is 0 Å². The first kappa shape index (κ1) is 30.7. The van der Waals surface area contributed by atoms with Gasteiger partial charge in [-0.3, -0.25) is 0 Å². The number of halogens is 2. The van der Waals surface area contributed by atoms with Gasteiger partial charge in [0.2, 0.25) is 10.0 Å². The van der Waals surface area contributed by atoms with E-state index in [0.29, 0.717) is 21.8 Å². The Morgan fingerprint density at radius 2 is 1.33 bits per heavy atom. The Morgan fingerprint density at radius 1 is 0.791 bits per heavy atom. The molecule has 1 aliphatic rings. The minimum absolute atomic E-state index is 0.109. The standard InChI is InChI=1S/C32H28BrClN2O6S/c1-21-9-19-27(20-10-21)43(39,40)36-29(23-11-15-24(33)16-12-23)35(26-7-5-4-6-8-26)28(22-13-17-25(34)18-14-22)32(36,30(37)41-2)31(38)42-3/h4-20,28-29H,1-3H3/t28-,29+/m1/s1. The molecule has 8 nitrogen and oxygen atoms in total. The fourth-order valence-corrected chi connectivity index (χ4v) is 7.79. The van der Waals surface area contributed by atoms with E-state index in [9.17, 15) is 18.0 Å². The Hall–Kier alpha value is -3.70. The van der Waals surface area contributed by atoms with Gasteiger partial charge >= 0.3 is 11.9 Å². The van der Waals surface area contributed by atoms with Gasteiger partial charge in [-0.05, 0) is 66.6 Å². The molecule has 0 amide bonds. The van der Waals surface area contributed by atoms with Gasteiger partial charge in [0.05, 0.1) is 25.2 Å². The van der Waals surface area contributed by atoms with Crippen molar-refractivity contribution in [3.8, 4) is 0 Å². The summed E-state index contributed by atoms with van der Waals surface area (Å²) in [6, 6.07) is 27.5. The maximum absolute atomic E-state index is 14.9. The lowest BCUT2D eigenvalue weighted by Gasteiger charge is -2.36. The molecule has 4 aromatic rings. The Kier molecular flexibility index (Phi) is 8.67. The molecule has 0 saturated carbocycles. The quantitative estimate of drug-likeness (QED) is 0.163. The summed E-state index contributed by atoms with van der Waals surface area (Å²) < 4.78 is 42.1. The Balaban J connectivity index is 1.97. The topological polar surface area (TPSA) is 93.2 Å². The van der Waals surface area contributed by atoms with Crippen molar-refractivity contribution in [3.05, 3.63) is 129 Å². The number of carbonyl (C=O) groups is 2. The van der Waals surface area contributed by atoms with Crippen LogP contribution < -0.4 is 4.90 Å². The number of anilines is 1. The van der Waals surface area contributed by atoms with E-state index in [-0.39, 0.29) is 4.90 Å². The lowest BCUT2D eigenvalue weighted by molar-refractivity contribution is -0.168. The summed E-state index contributed by atoms with van der Waals surface area (Å²) >= 11 is 9.70. The average Bonchev–Trinajstić information content (AvgIpc) is 3.35. The SMILES string of the molecule is COC(=O)C1(C(=O)OC)[C@@H](c2ccc(Cl)cc2)N(c2ccccc2)[C@H](c2ccc(Br)cc2)N1S(=O)(=O)c1ccc(C)cc1. The third-order valence-corrected chi connectivity index (χ3v) is 10.1. The van der Waals surface area contributed by atoms with Crippen LogP contribution >= 0.6 is 27.5 Å². The summed E-state index contributed by atoms with van der Waals surface area (Å²) in [5.41, 5.74) is -0.213. The van der Waals surface area contributed by atoms with E-state index in [0.717, 1.165) is 28.6 Å². The van der Waals surface area contributed by atoms with Gasteiger partial charge in [-0.1, -0.05) is 87.7 Å². The predicted molar refractivity (Wildman–Crippen MR) is 167 cm³/mol. The van der Waals surface area contributed by atoms with Gasteiger partial charge in [0.15, 0.2) is 0 Å². The molecule has 11 heteroatoms. The van der Waals surface area contributed by atoms with Crippen molar-refractivity contribution in [1.82, 2.24) is 4.31 Å². The number of rotatable bonds is 7. The monoisotopic (exact) mass is 682 g/mol. The zero-order chi connectivity index (χ0) is 30.9. The van der Waals surface area contributed by atoms with Crippen molar-refractivity contribution in [2.24, 2.45) is 0 Å². The third-order valence-electron chi connectivity index (χ3n) is 7.49. The number of ether oxygens (including phenoxy) is 2. The van der Waals surface area contributed by atoms with Crippen molar-refractivity contribution in [1.29, 1.82) is 0 Å². The minimum atomic E-state index is -4.62. The molecule has 4 aromatic carbocycles. The number of sulfonamides is 1. The summed E-state index contributed by atoms with van der Waals surface area (Å²) in [4.78, 5) is 30.1. The Bertz CT molecular complexity index is 1720. The number of benzene rings is 4. The van der Waals surface area contributed by atoms with Crippen LogP contribution in [-0.4, -0.2) is 44.4 Å². The molecular formula is C32H28BrClN2O6S. The van der Waals surface area contributed by atoms with E-state index in [1.807, 2.05) is 13.0 Å². The molecule has 1 heterocycles. The number of nitrogens with zero attached hydrogens (tertiary/aromatic N) is 2. The highest BCUT2D eigenvalue weighted by atomic mass is 79.9. The average molecular weight is 684 g/mol. The van der Waals surface area contributed by atoms with Crippen LogP contribution in [0.3, 0.4) is 0 Å². The molecule has 0 aromatic heterocycles. The number of esters is 2. The number of aryl methyl sites for hydroxylation is 1. The first-order valence-electron chi connectivity index (χ1n) is 13.2. The van der Waals surface area contributed by atoms with Crippen LogP contribution in [0, 0.1) is 6.92 Å². The highest BCUT2D eigenvalue weighted by molar-refractivity contribution is 9.10. The first-order chi connectivity index (χ1) is 20.6. The zero-order valence-corrected chi connectivity index (χ0v) is 26.6. The van der Waals surface area contributed by atoms with Gasteiger partial charge in [0, 0.05) is 15.2 Å². The van der Waals surface area contributed by atoms with E-state index in [1.54, 1.807) is 89.8 Å². The molecule has 0 unspecified atom stereocenters. The zero-order valence-electron chi connectivity index (χ0n) is 23.5. The second-order valence-corrected chi connectivity index (χ2v) is 13.2. The van der Waals surface area contributed by atoms with Crippen LogP contribution in [0.2, 0.25) is 5.02 Å². The summed E-state index contributed by atoms with van der Waals surface area (Å²) in [5.74, 6) is -2.20. The van der Waals surface area contributed by atoms with Gasteiger partial charge in [-0.2, -0.15) is 0 Å². The van der Waals surface area contributed by atoms with Gasteiger partial charge in [-0.25, -0.2) is 18.0 Å². The Morgan fingerprint density at radius 3 is 1.86 bits per heavy atom. The smallest absolute Gasteiger partial charge is 0.341 e. The first-order valence-corrected chi connectivity index (χ1v) is 15.8. The summed E-state index contributed by atoms with van der Waals surface area (Å²) in [5, 5.41) is 0.420. The molecule has 0 radical (unpaired) electrons. The Labute approximate surface area is 264 Å². The molecule has 0 spiro atoms. The van der Waals surface area contributed by atoms with Crippen molar-refractivity contribution < 1.29 is 27.5 Å². The molecule has 43 heavy (non-hydrogen) atoms. The van der Waals surface area contributed by atoms with Crippen molar-refractivity contribution in [2.45, 2.75) is 29.6 Å². The maximum Gasteiger partial charge on any atom is 0.341 e. The number of para-hydroxylation sites is 1. The van der Waals surface area contributed by atoms with Crippen LogP contribution in [0.4, 0.5) is 5.69 Å². The van der Waals surface area contributed by atoms with Crippen molar-refractivity contribution >= 4 is 55.2 Å². The molecule has 0 aliphatic carbocycles. The molecule has 0 bridgehead atoms. The van der Waals surface area contributed by atoms with E-state index in [2.05, 4.69) is 15.9 Å². The third kappa shape index (κ3) is 5.22. The van der Waals surface area contributed by atoms with Gasteiger partial charge in [0.1, 0.15) is 6.17 Å². The highest BCUT2D eigenvalue weighted by Crippen LogP contribution is 2.56. The second-order valence-electron chi connectivity index (χ2n) is 9.99. The molecular weight excluding hydrogens is 656 g/mol. The van der Waals surface area contributed by atoms with Crippen LogP contribution in [0.1, 0.15) is 28.9 Å². The molecule has 5 rings (SSSR count). The summed E-state index contributed by atoms with van der Waals surface area (Å²) in [6.45, 7) is 1.83. The molecule has 1 aliphatic heterocycles. The molecule has 1 saturated heterocycles. The van der Waals surface area contributed by atoms with E-state index in [4.69, 9.17) is 21.1 Å². The van der Waals surface area contributed by atoms with Crippen molar-refractivity contribution in [2.75, 3.05) is 19.1 Å². The van der Waals surface area contributed by atoms with Gasteiger partial charge in [0.25, 0.3) is 5.54 Å². The predicted octanol–water partition coefficient (Wildman–Crippen LogP) is 6.45. The number of hydrogen-bond donors (Lipinski definition) is 0. The largest absolute Gasteiger partial charge is 0.467 e. The lowest BCUT2D eigenvalue weighted by Crippen LogP contribution is -2.62. The number of hydrogen-bond acceptors (Lipinski definition) is 7.